The van der Waals surface area contributed by atoms with Gasteiger partial charge in [0.05, 0.1) is 16.8 Å². The van der Waals surface area contributed by atoms with Crippen molar-refractivity contribution >= 4 is 44.4 Å². The Morgan fingerprint density at radius 2 is 2.07 bits per heavy atom. The Hall–Kier alpha value is -2.71. The molecule has 2 heterocycles. The maximum Gasteiger partial charge on any atom is 0.260 e. The van der Waals surface area contributed by atoms with E-state index in [0.29, 0.717) is 34.0 Å². The molecular weight excluding hydrogens is 395 g/mol. The van der Waals surface area contributed by atoms with E-state index in [-0.39, 0.29) is 11.7 Å². The molecule has 0 N–H and O–H groups in total. The van der Waals surface area contributed by atoms with Crippen molar-refractivity contribution in [1.29, 1.82) is 0 Å². The molecule has 1 amide bonds. The van der Waals surface area contributed by atoms with Crippen LogP contribution >= 0.6 is 23.1 Å². The average molecular weight is 413 g/mol. The molecule has 0 aliphatic heterocycles. The lowest BCUT2D eigenvalue weighted by Crippen LogP contribution is -2.34. The molecule has 0 aliphatic rings. The summed E-state index contributed by atoms with van der Waals surface area (Å²) in [6, 6.07) is 13.8. The van der Waals surface area contributed by atoms with Crippen LogP contribution in [0.2, 0.25) is 0 Å². The number of rotatable bonds is 6. The Morgan fingerprint density at radius 3 is 2.79 bits per heavy atom. The normalized spacial score (nSPS) is 11.1. The van der Waals surface area contributed by atoms with Gasteiger partial charge < -0.3 is 0 Å². The highest BCUT2D eigenvalue weighted by Gasteiger charge is 2.21. The molecule has 0 spiro atoms. The Morgan fingerprint density at radius 1 is 1.25 bits per heavy atom. The lowest BCUT2D eigenvalue weighted by atomic mass is 10.2. The average Bonchev–Trinajstić information content (AvgIpc) is 3.37. The van der Waals surface area contributed by atoms with Crippen LogP contribution in [-0.2, 0) is 6.54 Å². The van der Waals surface area contributed by atoms with E-state index in [1.807, 2.05) is 42.8 Å². The minimum Gasteiger partial charge on any atom is -0.282 e. The zero-order chi connectivity index (χ0) is 19.5. The third kappa shape index (κ3) is 3.93. The van der Waals surface area contributed by atoms with E-state index >= 15 is 0 Å². The Bertz CT molecular complexity index is 1090. The summed E-state index contributed by atoms with van der Waals surface area (Å²) in [5.41, 5.74) is 1.26. The summed E-state index contributed by atoms with van der Waals surface area (Å²) in [6.45, 7) is 0.943. The number of anilines is 1. The fourth-order valence-corrected chi connectivity index (χ4v) is 4.23. The fraction of sp³-hybridized carbons (Fsp3) is 0.150. The zero-order valence-corrected chi connectivity index (χ0v) is 16.7. The summed E-state index contributed by atoms with van der Waals surface area (Å²) in [4.78, 5) is 20.5. The van der Waals surface area contributed by atoms with Gasteiger partial charge in [-0.25, -0.2) is 9.37 Å². The standard InChI is InChI=1S/C20H17FN4OS2/c1-27-16-6-3-14(4-7-16)19(26)25(12-11-24-10-2-9-22-24)20-23-17-8-5-15(21)13-18(17)28-20/h2-10,13H,11-12H2,1H3. The molecule has 0 aliphatic carbocycles. The van der Waals surface area contributed by atoms with Gasteiger partial charge in [0.25, 0.3) is 5.91 Å². The van der Waals surface area contributed by atoms with Crippen molar-refractivity contribution in [2.75, 3.05) is 17.7 Å². The lowest BCUT2D eigenvalue weighted by molar-refractivity contribution is 0.0985. The molecule has 5 nitrogen and oxygen atoms in total. The molecule has 0 bridgehead atoms. The summed E-state index contributed by atoms with van der Waals surface area (Å²) in [7, 11) is 0. The van der Waals surface area contributed by atoms with E-state index in [1.165, 1.54) is 23.5 Å². The first-order valence-electron chi connectivity index (χ1n) is 8.63. The maximum absolute atomic E-state index is 13.6. The van der Waals surface area contributed by atoms with Gasteiger partial charge in [0.15, 0.2) is 5.13 Å². The van der Waals surface area contributed by atoms with E-state index in [4.69, 9.17) is 0 Å². The van der Waals surface area contributed by atoms with Crippen molar-refractivity contribution in [1.82, 2.24) is 14.8 Å². The molecule has 8 heteroatoms. The van der Waals surface area contributed by atoms with Crippen molar-refractivity contribution < 1.29 is 9.18 Å². The molecule has 2 aromatic carbocycles. The van der Waals surface area contributed by atoms with Crippen LogP contribution in [0.3, 0.4) is 0 Å². The molecule has 28 heavy (non-hydrogen) atoms. The highest BCUT2D eigenvalue weighted by molar-refractivity contribution is 7.98. The van der Waals surface area contributed by atoms with Crippen LogP contribution in [0, 0.1) is 5.82 Å². The number of thioether (sulfide) groups is 1. The van der Waals surface area contributed by atoms with Gasteiger partial charge in [0.2, 0.25) is 0 Å². The van der Waals surface area contributed by atoms with E-state index in [1.54, 1.807) is 33.6 Å². The Balaban J connectivity index is 1.67. The van der Waals surface area contributed by atoms with Gasteiger partial charge in [-0.1, -0.05) is 11.3 Å². The predicted octanol–water partition coefficient (Wildman–Crippen LogP) is 4.70. The molecule has 0 saturated heterocycles. The topological polar surface area (TPSA) is 51.0 Å². The molecular formula is C20H17FN4OS2. The molecule has 0 radical (unpaired) electrons. The van der Waals surface area contributed by atoms with Crippen molar-refractivity contribution in [3.05, 3.63) is 72.3 Å². The quantitative estimate of drug-likeness (QED) is 0.431. The van der Waals surface area contributed by atoms with Gasteiger partial charge in [-0.05, 0) is 54.8 Å². The number of nitrogens with zero attached hydrogens (tertiary/aromatic N) is 4. The Kier molecular flexibility index (Phi) is 5.40. The second-order valence-electron chi connectivity index (χ2n) is 6.06. The van der Waals surface area contributed by atoms with Gasteiger partial charge >= 0.3 is 0 Å². The molecule has 0 atom stereocenters. The van der Waals surface area contributed by atoms with Crippen molar-refractivity contribution in [2.45, 2.75) is 11.4 Å². The van der Waals surface area contributed by atoms with Crippen LogP contribution in [-0.4, -0.2) is 33.5 Å². The lowest BCUT2D eigenvalue weighted by Gasteiger charge is -2.20. The number of aromatic nitrogens is 3. The number of thiazole rings is 1. The highest BCUT2D eigenvalue weighted by atomic mass is 32.2. The number of fused-ring (bicyclic) bond motifs is 1. The summed E-state index contributed by atoms with van der Waals surface area (Å²) < 4.78 is 16.0. The SMILES string of the molecule is CSc1ccc(C(=O)N(CCn2cccn2)c2nc3ccc(F)cc3s2)cc1. The van der Waals surface area contributed by atoms with E-state index < -0.39 is 0 Å². The third-order valence-electron chi connectivity index (χ3n) is 4.26. The number of halogens is 1. The maximum atomic E-state index is 13.6. The molecule has 4 rings (SSSR count). The predicted molar refractivity (Wildman–Crippen MR) is 112 cm³/mol. The monoisotopic (exact) mass is 412 g/mol. The van der Waals surface area contributed by atoms with E-state index in [0.717, 1.165) is 4.90 Å². The number of benzene rings is 2. The van der Waals surface area contributed by atoms with Gasteiger partial charge in [0.1, 0.15) is 5.82 Å². The molecule has 0 unspecified atom stereocenters. The number of carbonyl (C=O) groups is 1. The van der Waals surface area contributed by atoms with Gasteiger partial charge in [-0.15, -0.1) is 11.8 Å². The van der Waals surface area contributed by atoms with Crippen LogP contribution < -0.4 is 4.90 Å². The minimum atomic E-state index is -0.315. The van der Waals surface area contributed by atoms with Crippen molar-refractivity contribution in [3.63, 3.8) is 0 Å². The summed E-state index contributed by atoms with van der Waals surface area (Å²) in [5.74, 6) is -0.455. The summed E-state index contributed by atoms with van der Waals surface area (Å²) >= 11 is 2.93. The van der Waals surface area contributed by atoms with Crippen LogP contribution in [0.15, 0.2) is 65.8 Å². The minimum absolute atomic E-state index is 0.140. The Labute approximate surface area is 169 Å². The first-order chi connectivity index (χ1) is 13.6. The first kappa shape index (κ1) is 18.6. The van der Waals surface area contributed by atoms with Crippen LogP contribution in [0.1, 0.15) is 10.4 Å². The zero-order valence-electron chi connectivity index (χ0n) is 15.1. The van der Waals surface area contributed by atoms with E-state index in [2.05, 4.69) is 10.1 Å². The molecule has 142 valence electrons. The van der Waals surface area contributed by atoms with Crippen molar-refractivity contribution in [3.8, 4) is 0 Å². The first-order valence-corrected chi connectivity index (χ1v) is 10.7. The number of hydrogen-bond acceptors (Lipinski definition) is 5. The number of amides is 1. The molecule has 4 aromatic rings. The van der Waals surface area contributed by atoms with Crippen LogP contribution in [0.25, 0.3) is 10.2 Å². The summed E-state index contributed by atoms with van der Waals surface area (Å²) in [6.07, 6.45) is 5.55. The highest BCUT2D eigenvalue weighted by Crippen LogP contribution is 2.30. The van der Waals surface area contributed by atoms with Gasteiger partial charge in [0, 0.05) is 29.4 Å². The molecule has 2 aromatic heterocycles. The van der Waals surface area contributed by atoms with Crippen molar-refractivity contribution in [2.24, 2.45) is 0 Å². The molecule has 0 fully saturated rings. The summed E-state index contributed by atoms with van der Waals surface area (Å²) in [5, 5.41) is 4.75. The number of hydrogen-bond donors (Lipinski definition) is 0. The van der Waals surface area contributed by atoms with Crippen LogP contribution in [0.4, 0.5) is 9.52 Å². The van der Waals surface area contributed by atoms with Crippen LogP contribution in [0.5, 0.6) is 0 Å². The van der Waals surface area contributed by atoms with Gasteiger partial charge in [-0.2, -0.15) is 5.10 Å². The largest absolute Gasteiger partial charge is 0.282 e. The van der Waals surface area contributed by atoms with E-state index in [9.17, 15) is 9.18 Å². The fourth-order valence-electron chi connectivity index (χ4n) is 2.81. The van der Waals surface area contributed by atoms with Gasteiger partial charge in [-0.3, -0.25) is 14.4 Å². The smallest absolute Gasteiger partial charge is 0.260 e. The molecule has 0 saturated carbocycles. The second kappa shape index (κ2) is 8.12. The second-order valence-corrected chi connectivity index (χ2v) is 7.95. The third-order valence-corrected chi connectivity index (χ3v) is 6.05. The number of carbonyl (C=O) groups excluding carboxylic acids is 1.